The van der Waals surface area contributed by atoms with Gasteiger partial charge in [-0.25, -0.2) is 0 Å². The molecule has 1 aliphatic carbocycles. The molecule has 0 unspecified atom stereocenters. The fourth-order valence-corrected chi connectivity index (χ4v) is 8.44. The third-order valence-corrected chi connectivity index (χ3v) is 10.7. The monoisotopic (exact) mass is 624 g/mol. The summed E-state index contributed by atoms with van der Waals surface area (Å²) in [5.74, 6) is 0. The van der Waals surface area contributed by atoms with E-state index in [-0.39, 0.29) is 5.41 Å². The summed E-state index contributed by atoms with van der Waals surface area (Å²) >= 11 is 0. The summed E-state index contributed by atoms with van der Waals surface area (Å²) in [5, 5.41) is 10.0. The first-order valence-corrected chi connectivity index (χ1v) is 17.0. The van der Waals surface area contributed by atoms with Crippen LogP contribution in [0.5, 0.6) is 0 Å². The molecule has 10 rings (SSSR count). The summed E-state index contributed by atoms with van der Waals surface area (Å²) in [5.41, 5.74) is 11.9. The van der Waals surface area contributed by atoms with Crippen LogP contribution in [0.2, 0.25) is 0 Å². The van der Waals surface area contributed by atoms with Gasteiger partial charge >= 0.3 is 0 Å². The maximum Gasteiger partial charge on any atom is 0.0886 e. The van der Waals surface area contributed by atoms with Crippen molar-refractivity contribution in [3.63, 3.8) is 0 Å². The molecule has 9 aromatic rings. The van der Waals surface area contributed by atoms with E-state index >= 15 is 0 Å². The van der Waals surface area contributed by atoms with E-state index in [1.807, 2.05) is 30.6 Å². The molecule has 2 aromatic heterocycles. The Balaban J connectivity index is 1.39. The predicted molar refractivity (Wildman–Crippen MR) is 206 cm³/mol. The van der Waals surface area contributed by atoms with E-state index in [0.29, 0.717) is 0 Å². The fourth-order valence-electron chi connectivity index (χ4n) is 8.44. The third-order valence-electron chi connectivity index (χ3n) is 10.7. The molecule has 0 saturated heterocycles. The standard InChI is InChI=1S/C47H32N2/c1-47(2)40-20-10-9-17-34(40)37-26-38-39(27-41(37)47)44(31-22-23-43(49-28-31)42-21-11-12-24-48-42)35-18-7-8-19-36(35)46(38)45-32-15-5-3-13-29(32)25-30-14-4-6-16-33(30)45/h3-28H,1-2H3. The minimum atomic E-state index is -0.129. The van der Waals surface area contributed by atoms with Crippen molar-refractivity contribution in [2.75, 3.05) is 0 Å². The molecule has 2 nitrogen and oxygen atoms in total. The van der Waals surface area contributed by atoms with Crippen molar-refractivity contribution in [2.45, 2.75) is 19.3 Å². The van der Waals surface area contributed by atoms with E-state index in [0.717, 1.165) is 17.0 Å². The molecule has 0 N–H and O–H groups in total. The second kappa shape index (κ2) is 10.4. The van der Waals surface area contributed by atoms with Crippen molar-refractivity contribution in [1.29, 1.82) is 0 Å². The first-order valence-electron chi connectivity index (χ1n) is 17.0. The molecule has 0 saturated carbocycles. The SMILES string of the molecule is CC1(C)c2ccccc2-c2cc3c(-c4c5ccccc5cc5ccccc45)c4ccccc4c(-c4ccc(-c5ccccn5)nc4)c3cc21. The molecule has 0 spiro atoms. The zero-order valence-electron chi connectivity index (χ0n) is 27.4. The van der Waals surface area contributed by atoms with Gasteiger partial charge in [0, 0.05) is 23.4 Å². The Labute approximate surface area is 285 Å². The number of fused-ring (bicyclic) bond motifs is 7. The van der Waals surface area contributed by atoms with Crippen molar-refractivity contribution in [3.05, 3.63) is 169 Å². The van der Waals surface area contributed by atoms with Gasteiger partial charge in [0.15, 0.2) is 0 Å². The molecule has 1 aliphatic rings. The Morgan fingerprint density at radius 1 is 0.408 bits per heavy atom. The van der Waals surface area contributed by atoms with Crippen LogP contribution in [0.15, 0.2) is 158 Å². The molecule has 230 valence electrons. The van der Waals surface area contributed by atoms with E-state index in [1.54, 1.807) is 0 Å². The van der Waals surface area contributed by atoms with Gasteiger partial charge < -0.3 is 0 Å². The highest BCUT2D eigenvalue weighted by Gasteiger charge is 2.36. The molecule has 0 bridgehead atoms. The quantitative estimate of drug-likeness (QED) is 0.183. The minimum Gasteiger partial charge on any atom is -0.255 e. The summed E-state index contributed by atoms with van der Waals surface area (Å²) in [6.07, 6.45) is 3.85. The maximum atomic E-state index is 4.97. The third kappa shape index (κ3) is 4.07. The Kier molecular flexibility index (Phi) is 5.95. The van der Waals surface area contributed by atoms with Crippen LogP contribution in [0.1, 0.15) is 25.0 Å². The second-order valence-electron chi connectivity index (χ2n) is 13.8. The highest BCUT2D eigenvalue weighted by Crippen LogP contribution is 2.54. The molecule has 0 radical (unpaired) electrons. The number of hydrogen-bond donors (Lipinski definition) is 0. The van der Waals surface area contributed by atoms with Crippen LogP contribution >= 0.6 is 0 Å². The van der Waals surface area contributed by atoms with Crippen LogP contribution in [0.4, 0.5) is 0 Å². The lowest BCUT2D eigenvalue weighted by Crippen LogP contribution is -2.14. The van der Waals surface area contributed by atoms with Crippen molar-refractivity contribution >= 4 is 43.1 Å². The largest absolute Gasteiger partial charge is 0.255 e. The van der Waals surface area contributed by atoms with E-state index < -0.39 is 0 Å². The van der Waals surface area contributed by atoms with Gasteiger partial charge in [-0.1, -0.05) is 123 Å². The van der Waals surface area contributed by atoms with Gasteiger partial charge in [-0.05, 0) is 118 Å². The van der Waals surface area contributed by atoms with Crippen LogP contribution < -0.4 is 0 Å². The molecule has 0 atom stereocenters. The topological polar surface area (TPSA) is 25.8 Å². The van der Waals surface area contributed by atoms with Crippen LogP contribution in [0.25, 0.3) is 87.9 Å². The normalized spacial score (nSPS) is 13.3. The number of hydrogen-bond acceptors (Lipinski definition) is 2. The number of rotatable bonds is 3. The zero-order chi connectivity index (χ0) is 32.7. The number of nitrogens with zero attached hydrogens (tertiary/aromatic N) is 2. The molecule has 0 aliphatic heterocycles. The van der Waals surface area contributed by atoms with Gasteiger partial charge in [0.1, 0.15) is 0 Å². The van der Waals surface area contributed by atoms with Crippen LogP contribution in [-0.2, 0) is 5.41 Å². The molecule has 49 heavy (non-hydrogen) atoms. The fraction of sp³-hybridized carbons (Fsp3) is 0.0638. The van der Waals surface area contributed by atoms with Crippen molar-refractivity contribution in [3.8, 4) is 44.8 Å². The highest BCUT2D eigenvalue weighted by molar-refractivity contribution is 6.28. The zero-order valence-corrected chi connectivity index (χ0v) is 27.4. The highest BCUT2D eigenvalue weighted by atomic mass is 14.8. The number of benzene rings is 7. The lowest BCUT2D eigenvalue weighted by atomic mass is 9.79. The Morgan fingerprint density at radius 2 is 1.00 bits per heavy atom. The van der Waals surface area contributed by atoms with Crippen LogP contribution in [-0.4, -0.2) is 9.97 Å². The Bertz CT molecular complexity index is 2720. The molecule has 2 heterocycles. The van der Waals surface area contributed by atoms with E-state index in [2.05, 4.69) is 146 Å². The minimum absolute atomic E-state index is 0.129. The molecular formula is C47H32N2. The van der Waals surface area contributed by atoms with Gasteiger partial charge in [-0.3, -0.25) is 9.97 Å². The molecular weight excluding hydrogens is 593 g/mol. The number of pyridine rings is 2. The second-order valence-corrected chi connectivity index (χ2v) is 13.8. The average molecular weight is 625 g/mol. The van der Waals surface area contributed by atoms with Crippen molar-refractivity contribution in [1.82, 2.24) is 9.97 Å². The predicted octanol–water partition coefficient (Wildman–Crippen LogP) is 12.4. The van der Waals surface area contributed by atoms with Crippen LogP contribution in [0, 0.1) is 0 Å². The summed E-state index contributed by atoms with van der Waals surface area (Å²) in [4.78, 5) is 9.53. The number of aromatic nitrogens is 2. The molecule has 0 fully saturated rings. The van der Waals surface area contributed by atoms with Crippen molar-refractivity contribution in [2.24, 2.45) is 0 Å². The maximum absolute atomic E-state index is 4.97. The smallest absolute Gasteiger partial charge is 0.0886 e. The summed E-state index contributed by atoms with van der Waals surface area (Å²) in [7, 11) is 0. The van der Waals surface area contributed by atoms with E-state index in [9.17, 15) is 0 Å². The Morgan fingerprint density at radius 3 is 1.69 bits per heavy atom. The average Bonchev–Trinajstić information content (AvgIpc) is 3.38. The Hall–Kier alpha value is -6.12. The molecule has 7 aromatic carbocycles. The van der Waals surface area contributed by atoms with Gasteiger partial charge in [-0.15, -0.1) is 0 Å². The first kappa shape index (κ1) is 27.9. The lowest BCUT2D eigenvalue weighted by Gasteiger charge is -2.24. The van der Waals surface area contributed by atoms with E-state index in [1.165, 1.54) is 82.0 Å². The van der Waals surface area contributed by atoms with Gasteiger partial charge in [0.2, 0.25) is 0 Å². The van der Waals surface area contributed by atoms with Crippen LogP contribution in [0.3, 0.4) is 0 Å². The molecule has 0 amide bonds. The van der Waals surface area contributed by atoms with Gasteiger partial charge in [-0.2, -0.15) is 0 Å². The summed E-state index contributed by atoms with van der Waals surface area (Å²) in [6.45, 7) is 4.74. The summed E-state index contributed by atoms with van der Waals surface area (Å²) in [6, 6.07) is 53.2. The van der Waals surface area contributed by atoms with Gasteiger partial charge in [0.25, 0.3) is 0 Å². The van der Waals surface area contributed by atoms with E-state index in [4.69, 9.17) is 4.98 Å². The first-order chi connectivity index (χ1) is 24.1. The lowest BCUT2D eigenvalue weighted by molar-refractivity contribution is 0.661. The van der Waals surface area contributed by atoms with Gasteiger partial charge in [0.05, 0.1) is 11.4 Å². The molecule has 2 heteroatoms. The van der Waals surface area contributed by atoms with Crippen molar-refractivity contribution < 1.29 is 0 Å². The summed E-state index contributed by atoms with van der Waals surface area (Å²) < 4.78 is 0.